The predicted molar refractivity (Wildman–Crippen MR) is 116 cm³/mol. The molecule has 30 heavy (non-hydrogen) atoms. The third-order valence-corrected chi connectivity index (χ3v) is 4.57. The van der Waals surface area contributed by atoms with E-state index >= 15 is 0 Å². The molecule has 0 saturated heterocycles. The number of anilines is 1. The van der Waals surface area contributed by atoms with E-state index in [9.17, 15) is 14.4 Å². The molecule has 7 nitrogen and oxygen atoms in total. The average molecular weight is 419 g/mol. The van der Waals surface area contributed by atoms with Crippen LogP contribution in [0.15, 0.2) is 12.1 Å². The Balaban J connectivity index is 2.29. The van der Waals surface area contributed by atoms with Gasteiger partial charge in [-0.2, -0.15) is 0 Å². The van der Waals surface area contributed by atoms with Crippen LogP contribution in [0.3, 0.4) is 0 Å². The third kappa shape index (κ3) is 5.74. The quantitative estimate of drug-likeness (QED) is 0.711. The highest BCUT2D eigenvalue weighted by Gasteiger charge is 2.41. The zero-order chi connectivity index (χ0) is 22.9. The Labute approximate surface area is 179 Å². The molecule has 2 rings (SSSR count). The molecule has 0 unspecified atom stereocenters. The molecule has 2 amide bonds. The molecule has 166 valence electrons. The number of nitrogens with zero attached hydrogens (tertiary/aromatic N) is 1. The summed E-state index contributed by atoms with van der Waals surface area (Å²) in [6.45, 7) is 14.8. The van der Waals surface area contributed by atoms with Gasteiger partial charge in [0.2, 0.25) is 0 Å². The number of aryl methyl sites for hydroxylation is 1. The molecule has 7 heteroatoms. The number of rotatable bonds is 6. The zero-order valence-corrected chi connectivity index (χ0v) is 19.3. The first-order valence-corrected chi connectivity index (χ1v) is 10.4. The van der Waals surface area contributed by atoms with Crippen LogP contribution < -0.4 is 15.0 Å². The molecular weight excluding hydrogens is 384 g/mol. The molecule has 1 aliphatic heterocycles. The van der Waals surface area contributed by atoms with Gasteiger partial charge in [-0.1, -0.05) is 0 Å². The summed E-state index contributed by atoms with van der Waals surface area (Å²) >= 11 is 0. The summed E-state index contributed by atoms with van der Waals surface area (Å²) < 4.78 is 11.3. The maximum Gasteiger partial charge on any atom is 0.306 e. The van der Waals surface area contributed by atoms with Crippen molar-refractivity contribution in [3.63, 3.8) is 0 Å². The number of carbonyl (C=O) groups excluding carboxylic acids is 3. The van der Waals surface area contributed by atoms with Crippen LogP contribution in [0, 0.1) is 6.92 Å². The van der Waals surface area contributed by atoms with Crippen molar-refractivity contribution in [3.05, 3.63) is 23.3 Å². The normalized spacial score (nSPS) is 15.5. The smallest absolute Gasteiger partial charge is 0.306 e. The number of hydrogen-bond acceptors (Lipinski definition) is 5. The monoisotopic (exact) mass is 418 g/mol. The number of hydrogen-bond donors (Lipinski definition) is 1. The fraction of sp³-hybridized carbons (Fsp3) is 0.609. The summed E-state index contributed by atoms with van der Waals surface area (Å²) in [6, 6.07) is 3.48. The highest BCUT2D eigenvalue weighted by molar-refractivity contribution is 6.04. The molecule has 0 radical (unpaired) electrons. The van der Waals surface area contributed by atoms with Crippen LogP contribution in [0.4, 0.5) is 5.69 Å². The molecule has 0 aliphatic carbocycles. The largest absolute Gasteiger partial charge is 0.476 e. The molecule has 0 spiro atoms. The van der Waals surface area contributed by atoms with Gasteiger partial charge >= 0.3 is 5.97 Å². The maximum atomic E-state index is 13.0. The van der Waals surface area contributed by atoms with Crippen LogP contribution in [0.5, 0.6) is 5.75 Å². The molecule has 1 heterocycles. The Morgan fingerprint density at radius 3 is 2.43 bits per heavy atom. The molecule has 0 atom stereocenters. The maximum absolute atomic E-state index is 13.0. The van der Waals surface area contributed by atoms with E-state index in [0.29, 0.717) is 30.0 Å². The highest BCUT2D eigenvalue weighted by atomic mass is 16.6. The van der Waals surface area contributed by atoms with Gasteiger partial charge in [0, 0.05) is 24.6 Å². The van der Waals surface area contributed by atoms with E-state index < -0.39 is 11.2 Å². The standard InChI is InChI=1S/C23H34N2O5/c1-14(2)24-20(27)16-13-17-18(12-15(16)3)29-23(7,8)21(28)25(17)11-9-10-19(26)30-22(4,5)6/h12-14H,9-11H2,1-8H3,(H,24,27). The van der Waals surface area contributed by atoms with Gasteiger partial charge in [0.25, 0.3) is 11.8 Å². The fourth-order valence-corrected chi connectivity index (χ4v) is 3.30. The van der Waals surface area contributed by atoms with Crippen molar-refractivity contribution >= 4 is 23.5 Å². The highest BCUT2D eigenvalue weighted by Crippen LogP contribution is 2.40. The van der Waals surface area contributed by atoms with Gasteiger partial charge in [0.1, 0.15) is 11.4 Å². The van der Waals surface area contributed by atoms with E-state index in [0.717, 1.165) is 5.56 Å². The number of fused-ring (bicyclic) bond motifs is 1. The Morgan fingerprint density at radius 2 is 1.87 bits per heavy atom. The summed E-state index contributed by atoms with van der Waals surface area (Å²) in [4.78, 5) is 39.3. The lowest BCUT2D eigenvalue weighted by Gasteiger charge is -2.39. The first kappa shape index (κ1) is 23.7. The molecular formula is C23H34N2O5. The Kier molecular flexibility index (Phi) is 6.84. The van der Waals surface area contributed by atoms with Gasteiger partial charge in [-0.25, -0.2) is 0 Å². The van der Waals surface area contributed by atoms with Crippen molar-refractivity contribution in [1.29, 1.82) is 0 Å². The SMILES string of the molecule is Cc1cc2c(cc1C(=O)NC(C)C)N(CCCC(=O)OC(C)(C)C)C(=O)C(C)(C)O2. The van der Waals surface area contributed by atoms with Gasteiger partial charge in [0.15, 0.2) is 5.60 Å². The topological polar surface area (TPSA) is 84.9 Å². The third-order valence-electron chi connectivity index (χ3n) is 4.57. The second-order valence-corrected chi connectivity index (χ2v) is 9.52. The molecule has 0 saturated carbocycles. The minimum Gasteiger partial charge on any atom is -0.476 e. The lowest BCUT2D eigenvalue weighted by Crippen LogP contribution is -2.53. The number of carbonyl (C=O) groups is 3. The van der Waals surface area contributed by atoms with Crippen LogP contribution in [-0.4, -0.2) is 41.6 Å². The Bertz CT molecular complexity index is 837. The second-order valence-electron chi connectivity index (χ2n) is 9.52. The fourth-order valence-electron chi connectivity index (χ4n) is 3.30. The average Bonchev–Trinajstić information content (AvgIpc) is 2.55. The molecule has 1 aromatic carbocycles. The molecule has 1 aromatic rings. The summed E-state index contributed by atoms with van der Waals surface area (Å²) in [6.07, 6.45) is 0.641. The van der Waals surface area contributed by atoms with E-state index in [-0.39, 0.29) is 30.2 Å². The Hall–Kier alpha value is -2.57. The lowest BCUT2D eigenvalue weighted by molar-refractivity contribution is -0.155. The molecule has 1 N–H and O–H groups in total. The minimum atomic E-state index is -1.03. The predicted octanol–water partition coefficient (Wildman–Crippen LogP) is 3.76. The summed E-state index contributed by atoms with van der Waals surface area (Å²) in [5.74, 6) is -0.159. The number of esters is 1. The summed E-state index contributed by atoms with van der Waals surface area (Å²) in [7, 11) is 0. The molecule has 0 aromatic heterocycles. The van der Waals surface area contributed by atoms with Gasteiger partial charge < -0.3 is 19.7 Å². The van der Waals surface area contributed by atoms with E-state index in [1.165, 1.54) is 0 Å². The first-order chi connectivity index (χ1) is 13.7. The van der Waals surface area contributed by atoms with Crippen molar-refractivity contribution in [1.82, 2.24) is 5.32 Å². The lowest BCUT2D eigenvalue weighted by atomic mass is 9.99. The summed E-state index contributed by atoms with van der Waals surface area (Å²) in [5.41, 5.74) is 0.230. The number of amides is 2. The summed E-state index contributed by atoms with van der Waals surface area (Å²) in [5, 5.41) is 2.88. The number of nitrogens with one attached hydrogen (secondary N) is 1. The number of ether oxygens (including phenoxy) is 2. The van der Waals surface area contributed by atoms with Gasteiger partial charge in [0.05, 0.1) is 5.69 Å². The molecule has 1 aliphatic rings. The van der Waals surface area contributed by atoms with Gasteiger partial charge in [-0.05, 0) is 79.5 Å². The van der Waals surface area contributed by atoms with E-state index in [2.05, 4.69) is 5.32 Å². The van der Waals surface area contributed by atoms with Crippen LogP contribution in [0.25, 0.3) is 0 Å². The molecule has 0 bridgehead atoms. The molecule has 0 fully saturated rings. The van der Waals surface area contributed by atoms with Crippen molar-refractivity contribution in [2.75, 3.05) is 11.4 Å². The Morgan fingerprint density at radius 1 is 1.23 bits per heavy atom. The van der Waals surface area contributed by atoms with E-state index in [4.69, 9.17) is 9.47 Å². The van der Waals surface area contributed by atoms with Crippen molar-refractivity contribution < 1.29 is 23.9 Å². The van der Waals surface area contributed by atoms with Crippen molar-refractivity contribution in [2.24, 2.45) is 0 Å². The van der Waals surface area contributed by atoms with Crippen LogP contribution >= 0.6 is 0 Å². The first-order valence-electron chi connectivity index (χ1n) is 10.4. The van der Waals surface area contributed by atoms with Crippen molar-refractivity contribution in [2.45, 2.75) is 85.5 Å². The van der Waals surface area contributed by atoms with Gasteiger partial charge in [-0.3, -0.25) is 14.4 Å². The van der Waals surface area contributed by atoms with E-state index in [1.54, 1.807) is 30.9 Å². The van der Waals surface area contributed by atoms with Gasteiger partial charge in [-0.15, -0.1) is 0 Å². The van der Waals surface area contributed by atoms with E-state index in [1.807, 2.05) is 41.5 Å². The second kappa shape index (κ2) is 8.66. The number of benzene rings is 1. The van der Waals surface area contributed by atoms with Crippen LogP contribution in [0.2, 0.25) is 0 Å². The van der Waals surface area contributed by atoms with Crippen LogP contribution in [-0.2, 0) is 14.3 Å². The van der Waals surface area contributed by atoms with Crippen LogP contribution in [0.1, 0.15) is 77.2 Å². The van der Waals surface area contributed by atoms with Crippen molar-refractivity contribution in [3.8, 4) is 5.75 Å². The minimum absolute atomic E-state index is 0.00493. The zero-order valence-electron chi connectivity index (χ0n) is 19.3.